The molecule has 0 amide bonds. The second-order valence-corrected chi connectivity index (χ2v) is 7.24. The highest BCUT2D eigenvalue weighted by Gasteiger charge is 2.37. The minimum Gasteiger partial charge on any atom is -0.330 e. The number of nitrogens with zero attached hydrogens (tertiary/aromatic N) is 1. The molecule has 0 spiro atoms. The Labute approximate surface area is 112 Å². The van der Waals surface area contributed by atoms with E-state index in [0.717, 1.165) is 18.4 Å². The van der Waals surface area contributed by atoms with Crippen LogP contribution in [0.3, 0.4) is 0 Å². The summed E-state index contributed by atoms with van der Waals surface area (Å²) in [6.45, 7) is 4.94. The highest BCUT2D eigenvalue weighted by molar-refractivity contribution is 4.91. The molecule has 2 nitrogen and oxygen atoms in total. The van der Waals surface area contributed by atoms with E-state index in [-0.39, 0.29) is 0 Å². The third-order valence-corrected chi connectivity index (χ3v) is 6.03. The van der Waals surface area contributed by atoms with Gasteiger partial charge in [0.25, 0.3) is 0 Å². The number of likely N-dealkylation sites (tertiary alicyclic amines) is 1. The van der Waals surface area contributed by atoms with Gasteiger partial charge in [-0.2, -0.15) is 0 Å². The molecule has 2 saturated carbocycles. The van der Waals surface area contributed by atoms with Gasteiger partial charge >= 0.3 is 0 Å². The van der Waals surface area contributed by atoms with Crippen molar-refractivity contribution in [1.29, 1.82) is 0 Å². The second-order valence-electron chi connectivity index (χ2n) is 7.24. The van der Waals surface area contributed by atoms with E-state index in [1.807, 2.05) is 0 Å². The molecule has 0 radical (unpaired) electrons. The highest BCUT2D eigenvalue weighted by Crippen LogP contribution is 2.41. The van der Waals surface area contributed by atoms with Crippen LogP contribution in [0.5, 0.6) is 0 Å². The largest absolute Gasteiger partial charge is 0.330 e. The molecule has 1 heterocycles. The molecular weight excluding hydrogens is 220 g/mol. The van der Waals surface area contributed by atoms with Gasteiger partial charge in [-0.1, -0.05) is 32.1 Å². The van der Waals surface area contributed by atoms with E-state index in [2.05, 4.69) is 4.90 Å². The fourth-order valence-electron chi connectivity index (χ4n) is 4.85. The van der Waals surface area contributed by atoms with Crippen LogP contribution in [0, 0.1) is 17.3 Å². The van der Waals surface area contributed by atoms with Crippen LogP contribution in [0.2, 0.25) is 0 Å². The molecule has 104 valence electrons. The Morgan fingerprint density at radius 3 is 2.39 bits per heavy atom. The summed E-state index contributed by atoms with van der Waals surface area (Å²) in [7, 11) is 0. The summed E-state index contributed by atoms with van der Waals surface area (Å²) < 4.78 is 0. The van der Waals surface area contributed by atoms with E-state index in [4.69, 9.17) is 5.73 Å². The van der Waals surface area contributed by atoms with E-state index >= 15 is 0 Å². The average Bonchev–Trinajstić information content (AvgIpc) is 2.88. The van der Waals surface area contributed by atoms with Gasteiger partial charge in [-0.25, -0.2) is 0 Å². The molecule has 0 bridgehead atoms. The van der Waals surface area contributed by atoms with E-state index < -0.39 is 0 Å². The van der Waals surface area contributed by atoms with Crippen LogP contribution in [0.25, 0.3) is 0 Å². The smallest absolute Gasteiger partial charge is 0.00502 e. The molecule has 2 atom stereocenters. The zero-order chi connectivity index (χ0) is 12.4. The third kappa shape index (κ3) is 2.60. The van der Waals surface area contributed by atoms with E-state index in [1.54, 1.807) is 0 Å². The quantitative estimate of drug-likeness (QED) is 0.834. The van der Waals surface area contributed by atoms with Crippen LogP contribution in [0.15, 0.2) is 0 Å². The van der Waals surface area contributed by atoms with Crippen molar-refractivity contribution >= 4 is 0 Å². The Morgan fingerprint density at radius 1 is 0.944 bits per heavy atom. The fourth-order valence-corrected chi connectivity index (χ4v) is 4.85. The van der Waals surface area contributed by atoms with Crippen LogP contribution in [-0.4, -0.2) is 31.1 Å². The maximum absolute atomic E-state index is 6.09. The van der Waals surface area contributed by atoms with Crippen molar-refractivity contribution in [3.05, 3.63) is 0 Å². The zero-order valence-corrected chi connectivity index (χ0v) is 11.9. The molecule has 2 N–H and O–H groups in total. The molecule has 2 heteroatoms. The van der Waals surface area contributed by atoms with Gasteiger partial charge in [0.05, 0.1) is 0 Å². The standard InChI is InChI=1S/C16H30N2/c17-12-16(8-3-4-9-16)13-18-10-7-14-5-1-2-6-15(14)11-18/h14-15H,1-13,17H2. The van der Waals surface area contributed by atoms with Crippen molar-refractivity contribution in [3.8, 4) is 0 Å². The Morgan fingerprint density at radius 2 is 1.67 bits per heavy atom. The van der Waals surface area contributed by atoms with Gasteiger partial charge < -0.3 is 10.6 Å². The lowest BCUT2D eigenvalue weighted by Gasteiger charge is -2.44. The third-order valence-electron chi connectivity index (χ3n) is 6.03. The SMILES string of the molecule is NCC1(CN2CCC3CCCCC3C2)CCCC1. The second kappa shape index (κ2) is 5.50. The van der Waals surface area contributed by atoms with Gasteiger partial charge in [-0.05, 0) is 56.0 Å². The summed E-state index contributed by atoms with van der Waals surface area (Å²) in [5, 5.41) is 0. The predicted octanol–water partition coefficient (Wildman–Crippen LogP) is 3.02. The van der Waals surface area contributed by atoms with Gasteiger partial charge in [0.1, 0.15) is 0 Å². The first-order chi connectivity index (χ1) is 8.81. The first-order valence-corrected chi connectivity index (χ1v) is 8.24. The molecule has 0 aromatic heterocycles. The van der Waals surface area contributed by atoms with E-state index in [9.17, 15) is 0 Å². The Bertz CT molecular complexity index is 270. The van der Waals surface area contributed by atoms with Crippen LogP contribution in [-0.2, 0) is 0 Å². The van der Waals surface area contributed by atoms with Gasteiger partial charge in [0.2, 0.25) is 0 Å². The molecule has 1 aliphatic heterocycles. The lowest BCUT2D eigenvalue weighted by molar-refractivity contribution is 0.0549. The molecule has 3 rings (SSSR count). The molecule has 2 unspecified atom stereocenters. The predicted molar refractivity (Wildman–Crippen MR) is 76.5 cm³/mol. The van der Waals surface area contributed by atoms with Crippen LogP contribution in [0.1, 0.15) is 57.8 Å². The van der Waals surface area contributed by atoms with Crippen LogP contribution < -0.4 is 5.73 Å². The van der Waals surface area contributed by atoms with E-state index in [1.165, 1.54) is 77.4 Å². The Kier molecular flexibility index (Phi) is 3.95. The number of hydrogen-bond donors (Lipinski definition) is 1. The molecule has 2 aliphatic carbocycles. The van der Waals surface area contributed by atoms with Gasteiger partial charge in [-0.3, -0.25) is 0 Å². The summed E-state index contributed by atoms with van der Waals surface area (Å²) in [6.07, 6.45) is 13.0. The maximum Gasteiger partial charge on any atom is 0.00502 e. The Balaban J connectivity index is 1.57. The first kappa shape index (κ1) is 12.9. The molecular formula is C16H30N2. The lowest BCUT2D eigenvalue weighted by atomic mass is 9.74. The zero-order valence-electron chi connectivity index (χ0n) is 11.9. The average molecular weight is 250 g/mol. The molecule has 1 saturated heterocycles. The van der Waals surface area contributed by atoms with Crippen molar-refractivity contribution < 1.29 is 0 Å². The summed E-state index contributed by atoms with van der Waals surface area (Å²) >= 11 is 0. The molecule has 0 aromatic carbocycles. The molecule has 3 aliphatic rings. The van der Waals surface area contributed by atoms with Crippen molar-refractivity contribution in [1.82, 2.24) is 4.90 Å². The summed E-state index contributed by atoms with van der Waals surface area (Å²) in [5.74, 6) is 2.08. The van der Waals surface area contributed by atoms with Crippen LogP contribution in [0.4, 0.5) is 0 Å². The Hall–Kier alpha value is -0.0800. The van der Waals surface area contributed by atoms with Gasteiger partial charge in [0, 0.05) is 13.1 Å². The lowest BCUT2D eigenvalue weighted by Crippen LogP contribution is -2.48. The van der Waals surface area contributed by atoms with Crippen molar-refractivity contribution in [2.75, 3.05) is 26.2 Å². The van der Waals surface area contributed by atoms with Crippen molar-refractivity contribution in [2.24, 2.45) is 23.0 Å². The van der Waals surface area contributed by atoms with E-state index in [0.29, 0.717) is 5.41 Å². The molecule has 0 aromatic rings. The first-order valence-electron chi connectivity index (χ1n) is 8.24. The summed E-state index contributed by atoms with van der Waals surface area (Å²) in [5.41, 5.74) is 6.58. The van der Waals surface area contributed by atoms with Crippen molar-refractivity contribution in [3.63, 3.8) is 0 Å². The normalized spacial score (nSPS) is 36.5. The molecule has 18 heavy (non-hydrogen) atoms. The highest BCUT2D eigenvalue weighted by atomic mass is 15.1. The number of nitrogens with two attached hydrogens (primary N) is 1. The minimum atomic E-state index is 0.488. The maximum atomic E-state index is 6.09. The van der Waals surface area contributed by atoms with Crippen LogP contribution >= 0.6 is 0 Å². The number of fused-ring (bicyclic) bond motifs is 1. The minimum absolute atomic E-state index is 0.488. The van der Waals surface area contributed by atoms with Crippen molar-refractivity contribution in [2.45, 2.75) is 57.8 Å². The summed E-state index contributed by atoms with van der Waals surface area (Å²) in [4.78, 5) is 2.77. The monoisotopic (exact) mass is 250 g/mol. The number of hydrogen-bond acceptors (Lipinski definition) is 2. The molecule has 3 fully saturated rings. The van der Waals surface area contributed by atoms with Gasteiger partial charge in [-0.15, -0.1) is 0 Å². The fraction of sp³-hybridized carbons (Fsp3) is 1.00. The number of piperidine rings is 1. The number of rotatable bonds is 3. The van der Waals surface area contributed by atoms with Gasteiger partial charge in [0.15, 0.2) is 0 Å². The topological polar surface area (TPSA) is 29.3 Å². The summed E-state index contributed by atoms with van der Waals surface area (Å²) in [6, 6.07) is 0.